The molecule has 0 aliphatic rings. The van der Waals surface area contributed by atoms with Gasteiger partial charge in [-0.05, 0) is 33.1 Å². The highest BCUT2D eigenvalue weighted by Crippen LogP contribution is 2.14. The molecular weight excluding hydrogens is 238 g/mol. The van der Waals surface area contributed by atoms with E-state index in [9.17, 15) is 13.5 Å². The summed E-state index contributed by atoms with van der Waals surface area (Å²) in [7, 11) is -2.98. The molecule has 0 aromatic heterocycles. The molecule has 2 N–H and O–H groups in total. The Bertz CT molecular complexity index is 308. The second-order valence-electron chi connectivity index (χ2n) is 5.69. The molecule has 4 nitrogen and oxygen atoms in total. The molecule has 0 fully saturated rings. The second-order valence-corrected chi connectivity index (χ2v) is 8.36. The summed E-state index contributed by atoms with van der Waals surface area (Å²) >= 11 is 0. The molecule has 0 rings (SSSR count). The van der Waals surface area contributed by atoms with Gasteiger partial charge in [0.2, 0.25) is 0 Å². The van der Waals surface area contributed by atoms with Crippen molar-refractivity contribution in [3.05, 3.63) is 0 Å². The van der Waals surface area contributed by atoms with E-state index in [0.29, 0.717) is 25.4 Å². The van der Waals surface area contributed by atoms with Crippen LogP contribution in [0, 0.1) is 5.92 Å². The molecule has 5 heteroatoms. The third-order valence-electron chi connectivity index (χ3n) is 2.64. The van der Waals surface area contributed by atoms with Crippen molar-refractivity contribution in [2.75, 3.05) is 18.8 Å². The standard InChI is InChI=1S/C12H27NO3S/c1-10(2)8-12(5,14)9-13-6-7-17(15,16)11(3)4/h10-11,13-14H,6-9H2,1-5H3. The Morgan fingerprint density at radius 1 is 1.24 bits per heavy atom. The van der Waals surface area contributed by atoms with Gasteiger partial charge in [-0.1, -0.05) is 13.8 Å². The van der Waals surface area contributed by atoms with Crippen molar-refractivity contribution in [3.63, 3.8) is 0 Å². The van der Waals surface area contributed by atoms with Crippen LogP contribution in [-0.2, 0) is 9.84 Å². The van der Waals surface area contributed by atoms with Crippen LogP contribution in [0.2, 0.25) is 0 Å². The van der Waals surface area contributed by atoms with E-state index in [1.54, 1.807) is 20.8 Å². The third kappa shape index (κ3) is 7.73. The van der Waals surface area contributed by atoms with E-state index in [0.717, 1.165) is 0 Å². The van der Waals surface area contributed by atoms with Crippen molar-refractivity contribution in [2.24, 2.45) is 5.92 Å². The van der Waals surface area contributed by atoms with Crippen LogP contribution < -0.4 is 5.32 Å². The average molecular weight is 265 g/mol. The normalized spacial score (nSPS) is 16.5. The van der Waals surface area contributed by atoms with E-state index in [1.165, 1.54) is 0 Å². The Hall–Kier alpha value is -0.130. The average Bonchev–Trinajstić information content (AvgIpc) is 2.10. The monoisotopic (exact) mass is 265 g/mol. The van der Waals surface area contributed by atoms with Gasteiger partial charge in [0.25, 0.3) is 0 Å². The number of sulfone groups is 1. The van der Waals surface area contributed by atoms with Crippen LogP contribution in [0.4, 0.5) is 0 Å². The lowest BCUT2D eigenvalue weighted by molar-refractivity contribution is 0.0392. The van der Waals surface area contributed by atoms with Gasteiger partial charge >= 0.3 is 0 Å². The van der Waals surface area contributed by atoms with Crippen LogP contribution >= 0.6 is 0 Å². The van der Waals surface area contributed by atoms with Crippen LogP contribution in [0.1, 0.15) is 41.0 Å². The molecule has 0 saturated carbocycles. The molecule has 1 unspecified atom stereocenters. The van der Waals surface area contributed by atoms with Crippen molar-refractivity contribution in [1.29, 1.82) is 0 Å². The lowest BCUT2D eigenvalue weighted by Gasteiger charge is -2.25. The van der Waals surface area contributed by atoms with Gasteiger partial charge < -0.3 is 10.4 Å². The highest BCUT2D eigenvalue weighted by Gasteiger charge is 2.22. The van der Waals surface area contributed by atoms with Crippen LogP contribution in [0.15, 0.2) is 0 Å². The van der Waals surface area contributed by atoms with Crippen LogP contribution in [0.25, 0.3) is 0 Å². The van der Waals surface area contributed by atoms with Crippen molar-refractivity contribution < 1.29 is 13.5 Å². The van der Waals surface area contributed by atoms with E-state index < -0.39 is 15.4 Å². The maximum Gasteiger partial charge on any atom is 0.153 e. The number of aliphatic hydroxyl groups is 1. The third-order valence-corrected chi connectivity index (χ3v) is 4.85. The molecule has 0 aliphatic heterocycles. The number of hydrogen-bond donors (Lipinski definition) is 2. The van der Waals surface area contributed by atoms with Crippen molar-refractivity contribution >= 4 is 9.84 Å². The van der Waals surface area contributed by atoms with E-state index in [1.807, 2.05) is 0 Å². The highest BCUT2D eigenvalue weighted by atomic mass is 32.2. The molecule has 0 aromatic rings. The Labute approximate surface area is 106 Å². The van der Waals surface area contributed by atoms with Crippen molar-refractivity contribution in [1.82, 2.24) is 5.32 Å². The zero-order valence-electron chi connectivity index (χ0n) is 11.7. The summed E-state index contributed by atoms with van der Waals surface area (Å²) in [6.45, 7) is 10.1. The van der Waals surface area contributed by atoms with Crippen LogP contribution in [-0.4, -0.2) is 43.2 Å². The Morgan fingerprint density at radius 2 is 1.76 bits per heavy atom. The summed E-state index contributed by atoms with van der Waals surface area (Å²) < 4.78 is 23.1. The minimum atomic E-state index is -2.98. The Morgan fingerprint density at radius 3 is 2.18 bits per heavy atom. The summed E-state index contributed by atoms with van der Waals surface area (Å²) in [6.07, 6.45) is 0.705. The maximum atomic E-state index is 11.5. The van der Waals surface area contributed by atoms with Gasteiger partial charge in [-0.3, -0.25) is 0 Å². The smallest absolute Gasteiger partial charge is 0.153 e. The zero-order chi connectivity index (χ0) is 13.7. The molecule has 0 bridgehead atoms. The molecule has 0 aliphatic carbocycles. The predicted octanol–water partition coefficient (Wildman–Crippen LogP) is 1.20. The highest BCUT2D eigenvalue weighted by molar-refractivity contribution is 7.92. The van der Waals surface area contributed by atoms with Crippen molar-refractivity contribution in [3.8, 4) is 0 Å². The summed E-state index contributed by atoms with van der Waals surface area (Å²) in [5.41, 5.74) is -0.768. The van der Waals surface area contributed by atoms with E-state index in [4.69, 9.17) is 0 Å². The summed E-state index contributed by atoms with van der Waals surface area (Å²) in [4.78, 5) is 0. The first kappa shape index (κ1) is 16.9. The molecule has 0 aromatic carbocycles. The Balaban J connectivity index is 3.93. The largest absolute Gasteiger partial charge is 0.389 e. The topological polar surface area (TPSA) is 66.4 Å². The summed E-state index contributed by atoms with van der Waals surface area (Å²) in [5.74, 6) is 0.550. The molecule has 0 amide bonds. The summed E-state index contributed by atoms with van der Waals surface area (Å²) in [6, 6.07) is 0. The van der Waals surface area contributed by atoms with Gasteiger partial charge in [-0.2, -0.15) is 0 Å². The molecule has 0 saturated heterocycles. The molecule has 104 valence electrons. The van der Waals surface area contributed by atoms with Crippen LogP contribution in [0.5, 0.6) is 0 Å². The number of nitrogens with one attached hydrogen (secondary N) is 1. The summed E-state index contributed by atoms with van der Waals surface area (Å²) in [5, 5.41) is 12.7. The first-order valence-corrected chi connectivity index (χ1v) is 7.93. The fraction of sp³-hybridized carbons (Fsp3) is 1.00. The van der Waals surface area contributed by atoms with Crippen LogP contribution in [0.3, 0.4) is 0 Å². The van der Waals surface area contributed by atoms with Gasteiger partial charge in [0.1, 0.15) is 0 Å². The zero-order valence-corrected chi connectivity index (χ0v) is 12.5. The first-order valence-electron chi connectivity index (χ1n) is 6.21. The fourth-order valence-corrected chi connectivity index (χ4v) is 2.66. The molecule has 0 heterocycles. The maximum absolute atomic E-state index is 11.5. The molecule has 1 atom stereocenters. The quantitative estimate of drug-likeness (QED) is 0.647. The SMILES string of the molecule is CC(C)CC(C)(O)CNCCS(=O)(=O)C(C)C. The van der Waals surface area contributed by atoms with Gasteiger partial charge in [-0.15, -0.1) is 0 Å². The van der Waals surface area contributed by atoms with E-state index in [-0.39, 0.29) is 11.0 Å². The van der Waals surface area contributed by atoms with Gasteiger partial charge in [-0.25, -0.2) is 8.42 Å². The number of rotatable bonds is 8. The van der Waals surface area contributed by atoms with Gasteiger partial charge in [0, 0.05) is 13.1 Å². The predicted molar refractivity (Wildman–Crippen MR) is 71.9 cm³/mol. The molecule has 0 spiro atoms. The van der Waals surface area contributed by atoms with E-state index in [2.05, 4.69) is 19.2 Å². The van der Waals surface area contributed by atoms with Gasteiger partial charge in [0.05, 0.1) is 16.6 Å². The lowest BCUT2D eigenvalue weighted by atomic mass is 9.94. The number of hydrogen-bond acceptors (Lipinski definition) is 4. The fourth-order valence-electron chi connectivity index (χ4n) is 1.76. The van der Waals surface area contributed by atoms with E-state index >= 15 is 0 Å². The minimum absolute atomic E-state index is 0.127. The first-order chi connectivity index (χ1) is 7.57. The molecule has 17 heavy (non-hydrogen) atoms. The van der Waals surface area contributed by atoms with Gasteiger partial charge in [0.15, 0.2) is 9.84 Å². The lowest BCUT2D eigenvalue weighted by Crippen LogP contribution is -2.40. The molecular formula is C12H27NO3S. The Kier molecular flexibility index (Phi) is 6.66. The second kappa shape index (κ2) is 6.71. The minimum Gasteiger partial charge on any atom is -0.389 e. The molecule has 0 radical (unpaired) electrons. The van der Waals surface area contributed by atoms with Crippen molar-refractivity contribution in [2.45, 2.75) is 51.9 Å².